The third-order valence-electron chi connectivity index (χ3n) is 2.92. The molecule has 0 aliphatic rings. The van der Waals surface area contributed by atoms with E-state index in [9.17, 15) is 14.4 Å². The zero-order valence-corrected chi connectivity index (χ0v) is 14.6. The van der Waals surface area contributed by atoms with Crippen LogP contribution in [0.2, 0.25) is 0 Å². The van der Waals surface area contributed by atoms with E-state index in [4.69, 9.17) is 4.74 Å². The van der Waals surface area contributed by atoms with Crippen molar-refractivity contribution in [1.82, 2.24) is 5.32 Å². The highest BCUT2D eigenvalue weighted by Crippen LogP contribution is 2.13. The Kier molecular flexibility index (Phi) is 6.76. The molecular weight excluding hydrogens is 314 g/mol. The molecule has 0 atom stereocenters. The van der Waals surface area contributed by atoms with Crippen LogP contribution in [-0.2, 0) is 20.6 Å². The Labute approximate surface area is 141 Å². The number of methoxy groups -OCH3 is 2. The lowest BCUT2D eigenvalue weighted by Crippen LogP contribution is -2.33. The van der Waals surface area contributed by atoms with E-state index in [0.29, 0.717) is 18.5 Å². The predicted octanol–water partition coefficient (Wildman–Crippen LogP) is 2.33. The third-order valence-corrected chi connectivity index (χ3v) is 2.92. The van der Waals surface area contributed by atoms with Crippen molar-refractivity contribution in [2.24, 2.45) is 0 Å². The van der Waals surface area contributed by atoms with E-state index in [-0.39, 0.29) is 11.1 Å². The molecule has 7 heteroatoms. The fraction of sp³-hybridized carbons (Fsp3) is 0.471. The van der Waals surface area contributed by atoms with Crippen LogP contribution in [0.4, 0.5) is 4.79 Å². The average molecular weight is 337 g/mol. The molecule has 0 aliphatic heterocycles. The van der Waals surface area contributed by atoms with E-state index in [1.807, 2.05) is 0 Å². The van der Waals surface area contributed by atoms with Gasteiger partial charge in [0.2, 0.25) is 0 Å². The van der Waals surface area contributed by atoms with Crippen LogP contribution < -0.4 is 5.32 Å². The number of nitrogens with one attached hydrogen (secondary N) is 1. The highest BCUT2D eigenvalue weighted by Gasteiger charge is 2.16. The molecule has 1 amide bonds. The quantitative estimate of drug-likeness (QED) is 0.655. The summed E-state index contributed by atoms with van der Waals surface area (Å²) in [5.74, 6) is -1.11. The van der Waals surface area contributed by atoms with E-state index in [1.54, 1.807) is 32.9 Å². The minimum absolute atomic E-state index is 0.243. The molecule has 0 heterocycles. The van der Waals surface area contributed by atoms with Gasteiger partial charge in [-0.15, -0.1) is 0 Å². The fourth-order valence-corrected chi connectivity index (χ4v) is 1.93. The molecule has 1 aromatic carbocycles. The van der Waals surface area contributed by atoms with Crippen LogP contribution in [0.3, 0.4) is 0 Å². The maximum Gasteiger partial charge on any atom is 0.407 e. The molecule has 0 saturated carbocycles. The molecule has 0 unspecified atom stereocenters. The normalized spacial score (nSPS) is 10.7. The summed E-state index contributed by atoms with van der Waals surface area (Å²) in [6, 6.07) is 4.62. The Morgan fingerprint density at radius 1 is 0.958 bits per heavy atom. The van der Waals surface area contributed by atoms with Gasteiger partial charge in [-0.05, 0) is 51.0 Å². The number of hydrogen-bond acceptors (Lipinski definition) is 6. The van der Waals surface area contributed by atoms with E-state index < -0.39 is 23.6 Å². The van der Waals surface area contributed by atoms with Gasteiger partial charge >= 0.3 is 18.0 Å². The minimum Gasteiger partial charge on any atom is -0.465 e. The van der Waals surface area contributed by atoms with Crippen molar-refractivity contribution in [3.05, 3.63) is 34.9 Å². The number of ether oxygens (including phenoxy) is 3. The third kappa shape index (κ3) is 6.28. The first-order valence-electron chi connectivity index (χ1n) is 7.43. The van der Waals surface area contributed by atoms with Gasteiger partial charge in [-0.3, -0.25) is 0 Å². The number of amides is 1. The number of carbonyl (C=O) groups excluding carboxylic acids is 3. The van der Waals surface area contributed by atoms with Crippen LogP contribution in [0, 0.1) is 0 Å². The van der Waals surface area contributed by atoms with Crippen LogP contribution in [-0.4, -0.2) is 44.4 Å². The predicted molar refractivity (Wildman–Crippen MR) is 87.1 cm³/mol. The summed E-state index contributed by atoms with van der Waals surface area (Å²) in [7, 11) is 2.52. The minimum atomic E-state index is -0.576. The Hall–Kier alpha value is -2.57. The molecule has 0 fully saturated rings. The molecule has 1 rings (SSSR count). The number of rotatable bonds is 5. The Morgan fingerprint density at radius 2 is 1.46 bits per heavy atom. The van der Waals surface area contributed by atoms with E-state index >= 15 is 0 Å². The molecule has 1 aromatic rings. The van der Waals surface area contributed by atoms with Crippen LogP contribution >= 0.6 is 0 Å². The zero-order valence-electron chi connectivity index (χ0n) is 14.6. The van der Waals surface area contributed by atoms with E-state index in [0.717, 1.165) is 0 Å². The molecule has 132 valence electrons. The van der Waals surface area contributed by atoms with Crippen molar-refractivity contribution in [1.29, 1.82) is 0 Å². The van der Waals surface area contributed by atoms with Crippen LogP contribution in [0.5, 0.6) is 0 Å². The number of carbonyl (C=O) groups is 3. The molecule has 24 heavy (non-hydrogen) atoms. The van der Waals surface area contributed by atoms with E-state index in [1.165, 1.54) is 20.3 Å². The van der Waals surface area contributed by atoms with E-state index in [2.05, 4.69) is 14.8 Å². The van der Waals surface area contributed by atoms with Gasteiger partial charge in [0.05, 0.1) is 25.3 Å². The van der Waals surface area contributed by atoms with Gasteiger partial charge in [-0.2, -0.15) is 0 Å². The van der Waals surface area contributed by atoms with Gasteiger partial charge in [-0.25, -0.2) is 14.4 Å². The maximum absolute atomic E-state index is 11.7. The topological polar surface area (TPSA) is 90.9 Å². The van der Waals surface area contributed by atoms with Crippen LogP contribution in [0.1, 0.15) is 47.1 Å². The van der Waals surface area contributed by atoms with Crippen LogP contribution in [0.25, 0.3) is 0 Å². The highest BCUT2D eigenvalue weighted by atomic mass is 16.6. The zero-order chi connectivity index (χ0) is 18.3. The molecule has 0 saturated heterocycles. The molecule has 0 bridgehead atoms. The lowest BCUT2D eigenvalue weighted by molar-refractivity contribution is 0.0525. The lowest BCUT2D eigenvalue weighted by atomic mass is 10.0. The summed E-state index contributed by atoms with van der Waals surface area (Å²) in [4.78, 5) is 35.0. The summed E-state index contributed by atoms with van der Waals surface area (Å²) < 4.78 is 14.5. The Balaban J connectivity index is 2.81. The van der Waals surface area contributed by atoms with Crippen molar-refractivity contribution in [2.45, 2.75) is 32.8 Å². The highest BCUT2D eigenvalue weighted by molar-refractivity contribution is 5.95. The first-order chi connectivity index (χ1) is 11.2. The molecule has 0 aromatic heterocycles. The molecule has 7 nitrogen and oxygen atoms in total. The van der Waals surface area contributed by atoms with Crippen molar-refractivity contribution in [2.75, 3.05) is 20.8 Å². The monoisotopic (exact) mass is 337 g/mol. The van der Waals surface area contributed by atoms with Crippen molar-refractivity contribution in [3.8, 4) is 0 Å². The molecular formula is C17H23NO6. The van der Waals surface area contributed by atoms with Gasteiger partial charge in [-0.1, -0.05) is 0 Å². The molecule has 0 spiro atoms. The molecule has 0 radical (unpaired) electrons. The van der Waals surface area contributed by atoms with Gasteiger partial charge in [0.15, 0.2) is 0 Å². The second-order valence-corrected chi connectivity index (χ2v) is 6.08. The fourth-order valence-electron chi connectivity index (χ4n) is 1.93. The molecule has 1 N–H and O–H groups in total. The van der Waals surface area contributed by atoms with Gasteiger partial charge in [0.1, 0.15) is 5.60 Å². The summed E-state index contributed by atoms with van der Waals surface area (Å²) in [6.07, 6.45) is -0.117. The Morgan fingerprint density at radius 3 is 1.88 bits per heavy atom. The SMILES string of the molecule is COC(=O)c1cc(CCNC(=O)OC(C)(C)C)cc(C(=O)OC)c1. The van der Waals surface area contributed by atoms with Gasteiger partial charge in [0, 0.05) is 6.54 Å². The van der Waals surface area contributed by atoms with Crippen molar-refractivity contribution >= 4 is 18.0 Å². The number of esters is 2. The average Bonchev–Trinajstić information content (AvgIpc) is 2.51. The lowest BCUT2D eigenvalue weighted by Gasteiger charge is -2.19. The first-order valence-corrected chi connectivity index (χ1v) is 7.43. The number of benzene rings is 1. The largest absolute Gasteiger partial charge is 0.465 e. The van der Waals surface area contributed by atoms with Crippen molar-refractivity contribution < 1.29 is 28.6 Å². The summed E-state index contributed by atoms with van der Waals surface area (Å²) >= 11 is 0. The summed E-state index contributed by atoms with van der Waals surface area (Å²) in [5.41, 5.74) is 0.599. The van der Waals surface area contributed by atoms with Gasteiger partial charge < -0.3 is 19.5 Å². The number of alkyl carbamates (subject to hydrolysis) is 1. The first kappa shape index (κ1) is 19.5. The smallest absolute Gasteiger partial charge is 0.407 e. The molecule has 0 aliphatic carbocycles. The van der Waals surface area contributed by atoms with Crippen molar-refractivity contribution in [3.63, 3.8) is 0 Å². The summed E-state index contributed by atoms with van der Waals surface area (Å²) in [5, 5.41) is 2.62. The standard InChI is InChI=1S/C17H23NO6/c1-17(2,3)24-16(21)18-7-6-11-8-12(14(19)22-4)10-13(9-11)15(20)23-5/h8-10H,6-7H2,1-5H3,(H,18,21). The second-order valence-electron chi connectivity index (χ2n) is 6.08. The van der Waals surface area contributed by atoms with Gasteiger partial charge in [0.25, 0.3) is 0 Å². The second kappa shape index (κ2) is 8.33. The Bertz CT molecular complexity index is 584. The summed E-state index contributed by atoms with van der Waals surface area (Å²) in [6.45, 7) is 5.61. The number of hydrogen-bond donors (Lipinski definition) is 1. The maximum atomic E-state index is 11.7. The van der Waals surface area contributed by atoms with Crippen LogP contribution in [0.15, 0.2) is 18.2 Å².